The molecule has 2 N–H and O–H groups in total. The Morgan fingerprint density at radius 2 is 1.92 bits per heavy atom. The number of aryl methyl sites for hydroxylation is 1. The second kappa shape index (κ2) is 6.96. The molecule has 0 unspecified atom stereocenters. The third-order valence-electron chi connectivity index (χ3n) is 3.71. The number of rotatable bonds is 5. The van der Waals surface area contributed by atoms with Crippen LogP contribution in [0.3, 0.4) is 0 Å². The lowest BCUT2D eigenvalue weighted by atomic mass is 10.1. The molecule has 3 aromatic rings. The van der Waals surface area contributed by atoms with Gasteiger partial charge in [0.05, 0.1) is 22.8 Å². The third-order valence-corrected chi connectivity index (χ3v) is 3.71. The average molecular weight is 336 g/mol. The fourth-order valence-corrected chi connectivity index (χ4v) is 2.47. The van der Waals surface area contributed by atoms with Gasteiger partial charge in [0.1, 0.15) is 12.4 Å². The third kappa shape index (κ3) is 3.72. The highest BCUT2D eigenvalue weighted by Crippen LogP contribution is 2.14. The van der Waals surface area contributed by atoms with Gasteiger partial charge in [-0.15, -0.1) is 0 Å². The number of carboxylic acids is 1. The highest BCUT2D eigenvalue weighted by atomic mass is 16.4. The van der Waals surface area contributed by atoms with Crippen molar-refractivity contribution in [3.63, 3.8) is 0 Å². The van der Waals surface area contributed by atoms with Crippen molar-refractivity contribution in [3.05, 3.63) is 65.5 Å². The zero-order valence-corrected chi connectivity index (χ0v) is 13.5. The smallest absolute Gasteiger partial charge is 0.335 e. The second-order valence-corrected chi connectivity index (χ2v) is 5.45. The monoisotopic (exact) mass is 336 g/mol. The fraction of sp³-hybridized carbons (Fsp3) is 0.111. The highest BCUT2D eigenvalue weighted by Gasteiger charge is 2.10. The number of nitrogens with one attached hydrogen (secondary N) is 1. The van der Waals surface area contributed by atoms with E-state index in [1.807, 2.05) is 35.8 Å². The molecule has 1 aromatic heterocycles. The molecule has 0 aliphatic rings. The van der Waals surface area contributed by atoms with Crippen LogP contribution < -0.4 is 5.43 Å². The Balaban J connectivity index is 1.64. The van der Waals surface area contributed by atoms with Crippen LogP contribution in [-0.4, -0.2) is 32.7 Å². The molecule has 2 aromatic carbocycles. The first-order valence-corrected chi connectivity index (χ1v) is 7.62. The summed E-state index contributed by atoms with van der Waals surface area (Å²) < 4.78 is 1.82. The SMILES string of the molecule is Cc1nc2ccccc2n1CC(=O)N/N=C\c1ccc(C(=O)O)cc1. The predicted octanol–water partition coefficient (Wildman–Crippen LogP) is 2.19. The quantitative estimate of drug-likeness (QED) is 0.551. The Kier molecular flexibility index (Phi) is 4.56. The lowest BCUT2D eigenvalue weighted by Gasteiger charge is -2.05. The standard InChI is InChI=1S/C18H16N4O3/c1-12-20-15-4-2-3-5-16(15)22(12)11-17(23)21-19-10-13-6-8-14(9-7-13)18(24)25/h2-10H,11H2,1H3,(H,21,23)(H,24,25)/b19-10-. The molecule has 0 fully saturated rings. The normalized spacial score (nSPS) is 11.1. The Labute approximate surface area is 143 Å². The maximum Gasteiger partial charge on any atom is 0.335 e. The summed E-state index contributed by atoms with van der Waals surface area (Å²) in [5.41, 5.74) is 5.09. The maximum atomic E-state index is 12.1. The van der Waals surface area contributed by atoms with Gasteiger partial charge in [-0.3, -0.25) is 4.79 Å². The molecule has 0 radical (unpaired) electrons. The number of hydrogen-bond acceptors (Lipinski definition) is 4. The summed E-state index contributed by atoms with van der Waals surface area (Å²) in [6, 6.07) is 13.8. The number of hydrazone groups is 1. The molecular formula is C18H16N4O3. The lowest BCUT2D eigenvalue weighted by molar-refractivity contribution is -0.121. The summed E-state index contributed by atoms with van der Waals surface area (Å²) in [7, 11) is 0. The second-order valence-electron chi connectivity index (χ2n) is 5.45. The summed E-state index contributed by atoms with van der Waals surface area (Å²) >= 11 is 0. The van der Waals surface area contributed by atoms with Gasteiger partial charge in [-0.05, 0) is 36.8 Å². The molecule has 0 atom stereocenters. The van der Waals surface area contributed by atoms with E-state index in [0.717, 1.165) is 16.9 Å². The Morgan fingerprint density at radius 1 is 1.20 bits per heavy atom. The van der Waals surface area contributed by atoms with Gasteiger partial charge in [0.15, 0.2) is 0 Å². The van der Waals surface area contributed by atoms with Gasteiger partial charge in [0.2, 0.25) is 0 Å². The Morgan fingerprint density at radius 3 is 2.64 bits per heavy atom. The van der Waals surface area contributed by atoms with Gasteiger partial charge in [-0.1, -0.05) is 24.3 Å². The van der Waals surface area contributed by atoms with E-state index in [1.165, 1.54) is 18.3 Å². The van der Waals surface area contributed by atoms with Gasteiger partial charge in [0, 0.05) is 0 Å². The molecule has 7 heteroatoms. The molecule has 1 amide bonds. The summed E-state index contributed by atoms with van der Waals surface area (Å²) in [4.78, 5) is 27.3. The molecule has 25 heavy (non-hydrogen) atoms. The molecule has 126 valence electrons. The average Bonchev–Trinajstić information content (AvgIpc) is 2.91. The largest absolute Gasteiger partial charge is 0.478 e. The molecule has 7 nitrogen and oxygen atoms in total. The molecule has 0 saturated carbocycles. The number of carbonyl (C=O) groups is 2. The molecular weight excluding hydrogens is 320 g/mol. The lowest BCUT2D eigenvalue weighted by Crippen LogP contribution is -2.23. The van der Waals surface area contributed by atoms with Gasteiger partial charge >= 0.3 is 5.97 Å². The van der Waals surface area contributed by atoms with Crippen molar-refractivity contribution >= 4 is 29.1 Å². The van der Waals surface area contributed by atoms with E-state index in [-0.39, 0.29) is 18.0 Å². The van der Waals surface area contributed by atoms with Crippen LogP contribution in [-0.2, 0) is 11.3 Å². The van der Waals surface area contributed by atoms with Crippen LogP contribution in [0.1, 0.15) is 21.7 Å². The van der Waals surface area contributed by atoms with E-state index >= 15 is 0 Å². The van der Waals surface area contributed by atoms with E-state index in [2.05, 4.69) is 15.5 Å². The Bertz CT molecular complexity index is 958. The first kappa shape index (κ1) is 16.4. The Hall–Kier alpha value is -3.48. The van der Waals surface area contributed by atoms with E-state index in [1.54, 1.807) is 12.1 Å². The molecule has 0 spiro atoms. The first-order valence-electron chi connectivity index (χ1n) is 7.62. The molecule has 1 heterocycles. The van der Waals surface area contributed by atoms with Crippen LogP contribution >= 0.6 is 0 Å². The zero-order chi connectivity index (χ0) is 17.8. The topological polar surface area (TPSA) is 96.6 Å². The number of fused-ring (bicyclic) bond motifs is 1. The maximum absolute atomic E-state index is 12.1. The van der Waals surface area contributed by atoms with Crippen molar-refractivity contribution in [3.8, 4) is 0 Å². The van der Waals surface area contributed by atoms with Crippen LogP contribution in [0.4, 0.5) is 0 Å². The van der Waals surface area contributed by atoms with Crippen molar-refractivity contribution in [1.82, 2.24) is 15.0 Å². The van der Waals surface area contributed by atoms with Crippen molar-refractivity contribution < 1.29 is 14.7 Å². The minimum atomic E-state index is -0.986. The number of benzene rings is 2. The molecule has 0 aliphatic heterocycles. The number of aromatic nitrogens is 2. The summed E-state index contributed by atoms with van der Waals surface area (Å²) in [6.07, 6.45) is 1.46. The van der Waals surface area contributed by atoms with Gasteiger partial charge in [0.25, 0.3) is 5.91 Å². The van der Waals surface area contributed by atoms with Crippen LogP contribution in [0.2, 0.25) is 0 Å². The molecule has 0 saturated heterocycles. The van der Waals surface area contributed by atoms with E-state index < -0.39 is 5.97 Å². The zero-order valence-electron chi connectivity index (χ0n) is 13.5. The number of aromatic carboxylic acids is 1. The first-order chi connectivity index (χ1) is 12.0. The van der Waals surface area contributed by atoms with Crippen molar-refractivity contribution in [2.75, 3.05) is 0 Å². The summed E-state index contributed by atoms with van der Waals surface area (Å²) in [6.45, 7) is 1.96. The minimum Gasteiger partial charge on any atom is -0.478 e. The van der Waals surface area contributed by atoms with Crippen molar-refractivity contribution in [1.29, 1.82) is 0 Å². The number of imidazole rings is 1. The molecule has 0 aliphatic carbocycles. The molecule has 0 bridgehead atoms. The number of carbonyl (C=O) groups excluding carboxylic acids is 1. The number of hydrogen-bond donors (Lipinski definition) is 2. The van der Waals surface area contributed by atoms with E-state index in [0.29, 0.717) is 5.56 Å². The van der Waals surface area contributed by atoms with E-state index in [9.17, 15) is 9.59 Å². The minimum absolute atomic E-state index is 0.113. The van der Waals surface area contributed by atoms with Crippen molar-refractivity contribution in [2.45, 2.75) is 13.5 Å². The van der Waals surface area contributed by atoms with Crippen LogP contribution in [0.5, 0.6) is 0 Å². The number of amides is 1. The van der Waals surface area contributed by atoms with Gasteiger partial charge in [-0.25, -0.2) is 15.2 Å². The number of para-hydroxylation sites is 2. The molecule has 3 rings (SSSR count). The van der Waals surface area contributed by atoms with E-state index in [4.69, 9.17) is 5.11 Å². The fourth-order valence-electron chi connectivity index (χ4n) is 2.47. The number of nitrogens with zero attached hydrogens (tertiary/aromatic N) is 3. The predicted molar refractivity (Wildman–Crippen MR) is 93.6 cm³/mol. The van der Waals surface area contributed by atoms with Gasteiger partial charge < -0.3 is 9.67 Å². The van der Waals surface area contributed by atoms with Crippen LogP contribution in [0.25, 0.3) is 11.0 Å². The summed E-state index contributed by atoms with van der Waals surface area (Å²) in [5, 5.41) is 12.7. The summed E-state index contributed by atoms with van der Waals surface area (Å²) in [5.74, 6) is -0.506. The van der Waals surface area contributed by atoms with Gasteiger partial charge in [-0.2, -0.15) is 5.10 Å². The number of carboxylic acid groups (broad SMARTS) is 1. The van der Waals surface area contributed by atoms with Crippen LogP contribution in [0, 0.1) is 6.92 Å². The highest BCUT2D eigenvalue weighted by molar-refractivity contribution is 5.89. The van der Waals surface area contributed by atoms with Crippen molar-refractivity contribution in [2.24, 2.45) is 5.10 Å². The van der Waals surface area contributed by atoms with Crippen LogP contribution in [0.15, 0.2) is 53.6 Å².